The Morgan fingerprint density at radius 2 is 1.71 bits per heavy atom. The average Bonchev–Trinajstić information content (AvgIpc) is 3.17. The molecule has 164 valence electrons. The van der Waals surface area contributed by atoms with Crippen LogP contribution in [0.5, 0.6) is 0 Å². The van der Waals surface area contributed by atoms with Crippen molar-refractivity contribution in [2.45, 2.75) is 44.1 Å². The Labute approximate surface area is 189 Å². The summed E-state index contributed by atoms with van der Waals surface area (Å²) >= 11 is 1.46. The zero-order valence-electron chi connectivity index (χ0n) is 18.7. The molecule has 1 N–H and O–H groups in total. The number of thioether (sulfide) groups is 1. The molecule has 1 aromatic heterocycles. The zero-order chi connectivity index (χ0) is 22.2. The predicted molar refractivity (Wildman–Crippen MR) is 128 cm³/mol. The SMILES string of the molecule is CCC(Sc1nnc(-c2ccc(N(CC)CC)cc2)n1C)C(=O)NCc1ccccc1. The predicted octanol–water partition coefficient (Wildman–Crippen LogP) is 4.52. The molecular formula is C24H31N5OS. The Balaban J connectivity index is 1.67. The van der Waals surface area contributed by atoms with E-state index >= 15 is 0 Å². The van der Waals surface area contributed by atoms with Crippen molar-refractivity contribution in [2.24, 2.45) is 7.05 Å². The molecule has 0 aliphatic heterocycles. The highest BCUT2D eigenvalue weighted by atomic mass is 32.2. The van der Waals surface area contributed by atoms with Crippen LogP contribution < -0.4 is 10.2 Å². The first-order valence-corrected chi connectivity index (χ1v) is 11.7. The summed E-state index contributed by atoms with van der Waals surface area (Å²) in [5.74, 6) is 0.817. The molecule has 0 spiro atoms. The monoisotopic (exact) mass is 437 g/mol. The van der Waals surface area contributed by atoms with E-state index in [-0.39, 0.29) is 11.2 Å². The minimum Gasteiger partial charge on any atom is -0.372 e. The number of hydrogen-bond donors (Lipinski definition) is 1. The molecule has 1 heterocycles. The molecule has 0 aliphatic rings. The number of carbonyl (C=O) groups excluding carboxylic acids is 1. The number of anilines is 1. The second kappa shape index (κ2) is 11.0. The molecular weight excluding hydrogens is 406 g/mol. The van der Waals surface area contributed by atoms with Gasteiger partial charge in [0.2, 0.25) is 5.91 Å². The maximum absolute atomic E-state index is 12.7. The van der Waals surface area contributed by atoms with Crippen LogP contribution in [-0.4, -0.2) is 39.0 Å². The normalized spacial score (nSPS) is 11.9. The Hall–Kier alpha value is -2.80. The lowest BCUT2D eigenvalue weighted by atomic mass is 10.2. The van der Waals surface area contributed by atoms with E-state index in [9.17, 15) is 4.79 Å². The van der Waals surface area contributed by atoms with Crippen molar-refractivity contribution in [1.29, 1.82) is 0 Å². The molecule has 0 radical (unpaired) electrons. The van der Waals surface area contributed by atoms with Crippen LogP contribution in [0.15, 0.2) is 59.8 Å². The molecule has 1 amide bonds. The van der Waals surface area contributed by atoms with Gasteiger partial charge in [-0.2, -0.15) is 0 Å². The lowest BCUT2D eigenvalue weighted by molar-refractivity contribution is -0.120. The Morgan fingerprint density at radius 1 is 1.03 bits per heavy atom. The van der Waals surface area contributed by atoms with Gasteiger partial charge in [0.25, 0.3) is 0 Å². The summed E-state index contributed by atoms with van der Waals surface area (Å²) < 4.78 is 1.96. The van der Waals surface area contributed by atoms with Gasteiger partial charge in [-0.25, -0.2) is 0 Å². The van der Waals surface area contributed by atoms with Crippen molar-refractivity contribution in [3.63, 3.8) is 0 Å². The van der Waals surface area contributed by atoms with Gasteiger partial charge in [0.1, 0.15) is 0 Å². The summed E-state index contributed by atoms with van der Waals surface area (Å²) in [5.41, 5.74) is 3.30. The van der Waals surface area contributed by atoms with Crippen LogP contribution in [0.3, 0.4) is 0 Å². The van der Waals surface area contributed by atoms with Gasteiger partial charge in [-0.15, -0.1) is 10.2 Å². The number of rotatable bonds is 10. The molecule has 7 heteroatoms. The number of hydrogen-bond acceptors (Lipinski definition) is 5. The standard InChI is InChI=1S/C24H31N5OS/c1-5-21(23(30)25-17-18-11-9-8-10-12-18)31-24-27-26-22(28(24)4)19-13-15-20(16-14-19)29(6-2)7-3/h8-16,21H,5-7,17H2,1-4H3,(H,25,30). The fraction of sp³-hybridized carbons (Fsp3) is 0.375. The van der Waals surface area contributed by atoms with Crippen LogP contribution in [0.2, 0.25) is 0 Å². The van der Waals surface area contributed by atoms with Crippen LogP contribution in [0.1, 0.15) is 32.8 Å². The van der Waals surface area contributed by atoms with Gasteiger partial charge in [0.15, 0.2) is 11.0 Å². The third-order valence-electron chi connectivity index (χ3n) is 5.31. The average molecular weight is 438 g/mol. The van der Waals surface area contributed by atoms with Crippen LogP contribution in [0, 0.1) is 0 Å². The van der Waals surface area contributed by atoms with Crippen molar-refractivity contribution in [3.8, 4) is 11.4 Å². The van der Waals surface area contributed by atoms with E-state index < -0.39 is 0 Å². The van der Waals surface area contributed by atoms with Crippen LogP contribution >= 0.6 is 11.8 Å². The van der Waals surface area contributed by atoms with Crippen molar-refractivity contribution in [3.05, 3.63) is 60.2 Å². The van der Waals surface area contributed by atoms with Gasteiger partial charge < -0.3 is 14.8 Å². The molecule has 1 unspecified atom stereocenters. The highest BCUT2D eigenvalue weighted by Gasteiger charge is 2.22. The van der Waals surface area contributed by atoms with E-state index in [1.54, 1.807) is 0 Å². The van der Waals surface area contributed by atoms with Crippen LogP contribution in [0.4, 0.5) is 5.69 Å². The van der Waals surface area contributed by atoms with Crippen molar-refractivity contribution in [2.75, 3.05) is 18.0 Å². The third-order valence-corrected chi connectivity index (χ3v) is 6.71. The minimum atomic E-state index is -0.218. The van der Waals surface area contributed by atoms with E-state index in [0.29, 0.717) is 13.0 Å². The number of aromatic nitrogens is 3. The van der Waals surface area contributed by atoms with E-state index in [2.05, 4.69) is 58.5 Å². The lowest BCUT2D eigenvalue weighted by Gasteiger charge is -2.21. The highest BCUT2D eigenvalue weighted by Crippen LogP contribution is 2.28. The fourth-order valence-electron chi connectivity index (χ4n) is 3.43. The second-order valence-corrected chi connectivity index (χ2v) is 8.47. The van der Waals surface area contributed by atoms with E-state index in [1.165, 1.54) is 17.4 Å². The first kappa shape index (κ1) is 22.9. The summed E-state index contributed by atoms with van der Waals surface area (Å²) in [7, 11) is 1.95. The smallest absolute Gasteiger partial charge is 0.233 e. The molecule has 3 aromatic rings. The molecule has 6 nitrogen and oxygen atoms in total. The molecule has 2 aromatic carbocycles. The third kappa shape index (κ3) is 5.67. The van der Waals surface area contributed by atoms with E-state index in [1.807, 2.05) is 48.9 Å². The largest absolute Gasteiger partial charge is 0.372 e. The van der Waals surface area contributed by atoms with Gasteiger partial charge in [-0.3, -0.25) is 4.79 Å². The van der Waals surface area contributed by atoms with Crippen LogP contribution in [0.25, 0.3) is 11.4 Å². The van der Waals surface area contributed by atoms with Gasteiger partial charge in [0.05, 0.1) is 5.25 Å². The topological polar surface area (TPSA) is 63.1 Å². The molecule has 3 rings (SSSR count). The summed E-state index contributed by atoms with van der Waals surface area (Å²) in [5, 5.41) is 12.3. The van der Waals surface area contributed by atoms with Crippen molar-refractivity contribution >= 4 is 23.4 Å². The molecule has 0 aliphatic carbocycles. The quantitative estimate of drug-likeness (QED) is 0.473. The summed E-state index contributed by atoms with van der Waals surface area (Å²) in [6, 6.07) is 18.3. The van der Waals surface area contributed by atoms with Crippen molar-refractivity contribution in [1.82, 2.24) is 20.1 Å². The van der Waals surface area contributed by atoms with E-state index in [4.69, 9.17) is 0 Å². The molecule has 0 saturated heterocycles. The number of amides is 1. The first-order chi connectivity index (χ1) is 15.1. The van der Waals surface area contributed by atoms with Crippen LogP contribution in [-0.2, 0) is 18.4 Å². The summed E-state index contributed by atoms with van der Waals surface area (Å²) in [6.45, 7) is 8.81. The Bertz CT molecular complexity index is 967. The molecule has 0 saturated carbocycles. The Morgan fingerprint density at radius 3 is 2.32 bits per heavy atom. The second-order valence-electron chi connectivity index (χ2n) is 7.30. The maximum atomic E-state index is 12.7. The highest BCUT2D eigenvalue weighted by molar-refractivity contribution is 8.00. The van der Waals surface area contributed by atoms with Crippen molar-refractivity contribution < 1.29 is 4.79 Å². The number of benzene rings is 2. The molecule has 0 bridgehead atoms. The first-order valence-electron chi connectivity index (χ1n) is 10.8. The zero-order valence-corrected chi connectivity index (χ0v) is 19.5. The Kier molecular flexibility index (Phi) is 8.12. The maximum Gasteiger partial charge on any atom is 0.233 e. The summed E-state index contributed by atoms with van der Waals surface area (Å²) in [6.07, 6.45) is 0.714. The van der Waals surface area contributed by atoms with Gasteiger partial charge in [0, 0.05) is 37.9 Å². The molecule has 1 atom stereocenters. The molecule has 0 fully saturated rings. The summed E-state index contributed by atoms with van der Waals surface area (Å²) in [4.78, 5) is 15.0. The number of carbonyl (C=O) groups is 1. The minimum absolute atomic E-state index is 0.0180. The van der Waals surface area contributed by atoms with Gasteiger partial charge in [-0.1, -0.05) is 49.0 Å². The number of nitrogens with one attached hydrogen (secondary N) is 1. The van der Waals surface area contributed by atoms with Gasteiger partial charge in [-0.05, 0) is 50.1 Å². The van der Waals surface area contributed by atoms with Gasteiger partial charge >= 0.3 is 0 Å². The fourth-order valence-corrected chi connectivity index (χ4v) is 4.37. The lowest BCUT2D eigenvalue weighted by Crippen LogP contribution is -2.32. The van der Waals surface area contributed by atoms with E-state index in [0.717, 1.165) is 35.2 Å². The number of nitrogens with zero attached hydrogens (tertiary/aromatic N) is 4. The molecule has 31 heavy (non-hydrogen) atoms.